The van der Waals surface area contributed by atoms with E-state index in [2.05, 4.69) is 10.2 Å². The number of hydrogen-bond acceptors (Lipinski definition) is 3. The van der Waals surface area contributed by atoms with Crippen molar-refractivity contribution in [2.24, 2.45) is 5.92 Å². The van der Waals surface area contributed by atoms with Crippen molar-refractivity contribution >= 4 is 5.91 Å². The maximum Gasteiger partial charge on any atom is 0.221 e. The van der Waals surface area contributed by atoms with Crippen molar-refractivity contribution in [2.45, 2.75) is 51.0 Å². The fraction of sp³-hybridized carbons (Fsp3) is 0.929. The summed E-state index contributed by atoms with van der Waals surface area (Å²) in [6, 6.07) is 0. The van der Waals surface area contributed by atoms with Crippen LogP contribution >= 0.6 is 0 Å². The van der Waals surface area contributed by atoms with Crippen LogP contribution in [0, 0.1) is 5.92 Å². The van der Waals surface area contributed by atoms with Gasteiger partial charge in [0.15, 0.2) is 0 Å². The van der Waals surface area contributed by atoms with Gasteiger partial charge in [0.05, 0.1) is 6.10 Å². The summed E-state index contributed by atoms with van der Waals surface area (Å²) in [6.45, 7) is 3.84. The zero-order valence-corrected chi connectivity index (χ0v) is 11.2. The van der Waals surface area contributed by atoms with Gasteiger partial charge >= 0.3 is 0 Å². The number of nitrogens with zero attached hydrogens (tertiary/aromatic N) is 1. The second kappa shape index (κ2) is 7.10. The van der Waals surface area contributed by atoms with Crippen molar-refractivity contribution in [1.82, 2.24) is 10.2 Å². The number of aliphatic hydroxyl groups is 1. The normalized spacial score (nSPS) is 29.4. The molecule has 0 aromatic rings. The highest BCUT2D eigenvalue weighted by atomic mass is 16.3. The standard InChI is InChI=1S/C14H26N2O2/c17-13-6-2-1-5-12(13)11-15-14(18)7-10-16-8-3-4-9-16/h12-13,17H,1-11H2,(H,15,18). The minimum atomic E-state index is -0.211. The molecule has 4 heteroatoms. The Bertz CT molecular complexity index is 265. The Balaban J connectivity index is 1.58. The molecule has 1 saturated heterocycles. The molecule has 2 rings (SSSR count). The van der Waals surface area contributed by atoms with E-state index in [9.17, 15) is 9.90 Å². The number of aliphatic hydroxyl groups excluding tert-OH is 1. The van der Waals surface area contributed by atoms with Crippen LogP contribution in [-0.4, -0.2) is 48.2 Å². The third-order valence-electron chi connectivity index (χ3n) is 4.28. The van der Waals surface area contributed by atoms with Gasteiger partial charge in [-0.3, -0.25) is 4.79 Å². The van der Waals surface area contributed by atoms with E-state index in [1.807, 2.05) is 0 Å². The van der Waals surface area contributed by atoms with Gasteiger partial charge in [0.1, 0.15) is 0 Å². The summed E-state index contributed by atoms with van der Waals surface area (Å²) in [4.78, 5) is 14.1. The monoisotopic (exact) mass is 254 g/mol. The van der Waals surface area contributed by atoms with Crippen molar-refractivity contribution in [2.75, 3.05) is 26.2 Å². The summed E-state index contributed by atoms with van der Waals surface area (Å²) in [5, 5.41) is 12.8. The summed E-state index contributed by atoms with van der Waals surface area (Å²) in [5.74, 6) is 0.411. The average molecular weight is 254 g/mol. The second-order valence-corrected chi connectivity index (χ2v) is 5.71. The van der Waals surface area contributed by atoms with E-state index < -0.39 is 0 Å². The quantitative estimate of drug-likeness (QED) is 0.773. The highest BCUT2D eigenvalue weighted by molar-refractivity contribution is 5.76. The Kier molecular flexibility index (Phi) is 5.45. The van der Waals surface area contributed by atoms with Gasteiger partial charge < -0.3 is 15.3 Å². The molecule has 1 aliphatic heterocycles. The van der Waals surface area contributed by atoms with Crippen LogP contribution in [0.15, 0.2) is 0 Å². The van der Waals surface area contributed by atoms with Crippen LogP contribution < -0.4 is 5.32 Å². The molecule has 0 bridgehead atoms. The van der Waals surface area contributed by atoms with Crippen LogP contribution in [0.1, 0.15) is 44.9 Å². The Morgan fingerprint density at radius 2 is 1.89 bits per heavy atom. The summed E-state index contributed by atoms with van der Waals surface area (Å²) in [6.07, 6.45) is 7.19. The van der Waals surface area contributed by atoms with E-state index in [1.54, 1.807) is 0 Å². The third-order valence-corrected chi connectivity index (χ3v) is 4.28. The molecule has 1 saturated carbocycles. The SMILES string of the molecule is O=C(CCN1CCCC1)NCC1CCCCC1O. The van der Waals surface area contributed by atoms with Gasteiger partial charge in [-0.05, 0) is 38.8 Å². The molecule has 18 heavy (non-hydrogen) atoms. The zero-order chi connectivity index (χ0) is 12.8. The number of carbonyl (C=O) groups is 1. The van der Waals surface area contributed by atoms with Gasteiger partial charge in [0, 0.05) is 25.4 Å². The topological polar surface area (TPSA) is 52.6 Å². The van der Waals surface area contributed by atoms with E-state index >= 15 is 0 Å². The van der Waals surface area contributed by atoms with E-state index in [-0.39, 0.29) is 17.9 Å². The number of rotatable bonds is 5. The minimum Gasteiger partial charge on any atom is -0.393 e. The lowest BCUT2D eigenvalue weighted by molar-refractivity contribution is -0.121. The number of carbonyl (C=O) groups excluding carboxylic acids is 1. The van der Waals surface area contributed by atoms with Crippen molar-refractivity contribution in [3.63, 3.8) is 0 Å². The molecule has 1 amide bonds. The van der Waals surface area contributed by atoms with E-state index in [0.29, 0.717) is 13.0 Å². The van der Waals surface area contributed by atoms with Crippen LogP contribution in [0.5, 0.6) is 0 Å². The Hall–Kier alpha value is -0.610. The number of likely N-dealkylation sites (tertiary alicyclic amines) is 1. The fourth-order valence-electron chi connectivity index (χ4n) is 3.03. The summed E-state index contributed by atoms with van der Waals surface area (Å²) >= 11 is 0. The maximum absolute atomic E-state index is 11.7. The van der Waals surface area contributed by atoms with Crippen LogP contribution in [-0.2, 0) is 4.79 Å². The first-order valence-corrected chi connectivity index (χ1v) is 7.43. The lowest BCUT2D eigenvalue weighted by atomic mass is 9.86. The Morgan fingerprint density at radius 3 is 2.61 bits per heavy atom. The zero-order valence-electron chi connectivity index (χ0n) is 11.2. The molecule has 2 unspecified atom stereocenters. The summed E-state index contributed by atoms with van der Waals surface area (Å²) in [7, 11) is 0. The van der Waals surface area contributed by atoms with Crippen molar-refractivity contribution < 1.29 is 9.90 Å². The van der Waals surface area contributed by atoms with Crippen LogP contribution in [0.3, 0.4) is 0 Å². The molecule has 0 aromatic carbocycles. The molecule has 0 spiro atoms. The lowest BCUT2D eigenvalue weighted by Gasteiger charge is -2.27. The molecule has 4 nitrogen and oxygen atoms in total. The molecule has 2 atom stereocenters. The summed E-state index contributed by atoms with van der Waals surface area (Å²) in [5.41, 5.74) is 0. The third kappa shape index (κ3) is 4.25. The van der Waals surface area contributed by atoms with E-state index in [1.165, 1.54) is 19.3 Å². The first-order valence-electron chi connectivity index (χ1n) is 7.43. The van der Waals surface area contributed by atoms with Gasteiger partial charge in [-0.1, -0.05) is 12.8 Å². The van der Waals surface area contributed by atoms with Crippen LogP contribution in [0.2, 0.25) is 0 Å². The smallest absolute Gasteiger partial charge is 0.221 e. The first-order chi connectivity index (χ1) is 8.75. The molecule has 2 aliphatic rings. The molecule has 104 valence electrons. The minimum absolute atomic E-state index is 0.139. The van der Waals surface area contributed by atoms with Crippen molar-refractivity contribution in [3.05, 3.63) is 0 Å². The number of hydrogen-bond donors (Lipinski definition) is 2. The van der Waals surface area contributed by atoms with E-state index in [0.717, 1.165) is 38.9 Å². The van der Waals surface area contributed by atoms with Crippen LogP contribution in [0.4, 0.5) is 0 Å². The average Bonchev–Trinajstić information content (AvgIpc) is 2.88. The predicted molar refractivity (Wildman–Crippen MR) is 71.3 cm³/mol. The van der Waals surface area contributed by atoms with Gasteiger partial charge in [-0.25, -0.2) is 0 Å². The first kappa shape index (κ1) is 13.8. The lowest BCUT2D eigenvalue weighted by Crippen LogP contribution is -2.37. The Morgan fingerprint density at radius 1 is 1.17 bits per heavy atom. The summed E-state index contributed by atoms with van der Waals surface area (Å²) < 4.78 is 0. The van der Waals surface area contributed by atoms with Crippen molar-refractivity contribution in [1.29, 1.82) is 0 Å². The van der Waals surface area contributed by atoms with Crippen LogP contribution in [0.25, 0.3) is 0 Å². The molecule has 2 fully saturated rings. The fourth-order valence-corrected chi connectivity index (χ4v) is 3.03. The van der Waals surface area contributed by atoms with Gasteiger partial charge in [-0.2, -0.15) is 0 Å². The molecule has 0 radical (unpaired) electrons. The maximum atomic E-state index is 11.7. The largest absolute Gasteiger partial charge is 0.393 e. The van der Waals surface area contributed by atoms with E-state index in [4.69, 9.17) is 0 Å². The predicted octanol–water partition coefficient (Wildman–Crippen LogP) is 1.14. The Labute approximate surface area is 110 Å². The molecule has 1 aliphatic carbocycles. The number of amides is 1. The highest BCUT2D eigenvalue weighted by Crippen LogP contribution is 2.23. The van der Waals surface area contributed by atoms with Gasteiger partial charge in [0.25, 0.3) is 0 Å². The number of nitrogens with one attached hydrogen (secondary N) is 1. The molecular formula is C14H26N2O2. The molecule has 0 aromatic heterocycles. The molecule has 1 heterocycles. The van der Waals surface area contributed by atoms with Crippen molar-refractivity contribution in [3.8, 4) is 0 Å². The van der Waals surface area contributed by atoms with Gasteiger partial charge in [0.2, 0.25) is 5.91 Å². The molecule has 2 N–H and O–H groups in total. The second-order valence-electron chi connectivity index (χ2n) is 5.71. The highest BCUT2D eigenvalue weighted by Gasteiger charge is 2.23. The van der Waals surface area contributed by atoms with Gasteiger partial charge in [-0.15, -0.1) is 0 Å². The molecular weight excluding hydrogens is 228 g/mol.